The highest BCUT2D eigenvalue weighted by molar-refractivity contribution is 5.48. The van der Waals surface area contributed by atoms with E-state index >= 15 is 0 Å². The summed E-state index contributed by atoms with van der Waals surface area (Å²) in [5, 5.41) is 3.29. The highest BCUT2D eigenvalue weighted by Gasteiger charge is 2.09. The van der Waals surface area contributed by atoms with Gasteiger partial charge in [-0.3, -0.25) is 0 Å². The van der Waals surface area contributed by atoms with Crippen LogP contribution in [-0.4, -0.2) is 0 Å². The van der Waals surface area contributed by atoms with E-state index in [4.69, 9.17) is 0 Å². The average molecular weight is 159 g/mol. The Hall–Kier alpha value is -1.24. The van der Waals surface area contributed by atoms with E-state index in [1.165, 1.54) is 29.7 Å². The van der Waals surface area contributed by atoms with Gasteiger partial charge in [-0.05, 0) is 37.5 Å². The third-order valence-corrected chi connectivity index (χ3v) is 2.00. The van der Waals surface area contributed by atoms with Gasteiger partial charge in [-0.2, -0.15) is 0 Å². The molecule has 1 saturated carbocycles. The van der Waals surface area contributed by atoms with Gasteiger partial charge in [-0.25, -0.2) is 0 Å². The van der Waals surface area contributed by atoms with E-state index in [9.17, 15) is 0 Å². The Kier molecular flexibility index (Phi) is 1.86. The highest BCUT2D eigenvalue weighted by Crippen LogP contribution is 2.27. The van der Waals surface area contributed by atoms with E-state index in [-0.39, 0.29) is 0 Å². The number of aryl methyl sites for hydroxylation is 1. The Labute approximate surface area is 73.1 Å². The fraction of sp³-hybridized carbons (Fsp3) is 0.273. The molecule has 12 heavy (non-hydrogen) atoms. The molecule has 2 rings (SSSR count). The third kappa shape index (κ3) is 1.88. The van der Waals surface area contributed by atoms with Crippen LogP contribution in [0.2, 0.25) is 0 Å². The normalized spacial score (nSPS) is 14.2. The lowest BCUT2D eigenvalue weighted by Gasteiger charge is -2.00. The van der Waals surface area contributed by atoms with Gasteiger partial charge in [-0.1, -0.05) is 17.7 Å². The van der Waals surface area contributed by atoms with Crippen LogP contribution in [0.4, 0.5) is 5.69 Å². The number of allylic oxidation sites excluding steroid dienone is 1. The summed E-state index contributed by atoms with van der Waals surface area (Å²) in [7, 11) is 0. The fourth-order valence-corrected chi connectivity index (χ4v) is 1.14. The zero-order chi connectivity index (χ0) is 8.39. The van der Waals surface area contributed by atoms with Crippen LogP contribution < -0.4 is 5.32 Å². The van der Waals surface area contributed by atoms with Crippen LogP contribution in [0.5, 0.6) is 0 Å². The summed E-state index contributed by atoms with van der Waals surface area (Å²) in [5.41, 5.74) is 4.01. The number of benzene rings is 1. The molecule has 0 heterocycles. The summed E-state index contributed by atoms with van der Waals surface area (Å²) in [5.74, 6) is 0. The summed E-state index contributed by atoms with van der Waals surface area (Å²) >= 11 is 0. The van der Waals surface area contributed by atoms with Gasteiger partial charge in [0.15, 0.2) is 0 Å². The van der Waals surface area contributed by atoms with Gasteiger partial charge in [0.25, 0.3) is 0 Å². The van der Waals surface area contributed by atoms with Gasteiger partial charge in [0.1, 0.15) is 0 Å². The molecule has 1 aliphatic rings. The molecule has 1 aromatic rings. The molecule has 0 unspecified atom stereocenters. The van der Waals surface area contributed by atoms with Crippen molar-refractivity contribution in [2.45, 2.75) is 19.8 Å². The van der Waals surface area contributed by atoms with Crippen molar-refractivity contribution in [2.24, 2.45) is 0 Å². The maximum atomic E-state index is 3.29. The average Bonchev–Trinajstić information content (AvgIpc) is 2.84. The first-order chi connectivity index (χ1) is 5.84. The van der Waals surface area contributed by atoms with Crippen LogP contribution >= 0.6 is 0 Å². The maximum Gasteiger partial charge on any atom is 0.0382 e. The van der Waals surface area contributed by atoms with Crippen LogP contribution in [0, 0.1) is 6.92 Å². The van der Waals surface area contributed by atoms with Crippen LogP contribution in [-0.2, 0) is 0 Å². The molecule has 0 atom stereocenters. The van der Waals surface area contributed by atoms with Crippen molar-refractivity contribution in [1.29, 1.82) is 0 Å². The molecule has 0 radical (unpaired) electrons. The van der Waals surface area contributed by atoms with Crippen LogP contribution in [0.3, 0.4) is 0 Å². The van der Waals surface area contributed by atoms with Crippen LogP contribution in [0.25, 0.3) is 0 Å². The standard InChI is InChI=1S/C11H13N/c1-9-3-2-4-11(7-9)12-8-10-5-6-10/h2-4,7-8,12H,5-6H2,1H3. The molecule has 1 fully saturated rings. The molecular formula is C11H13N. The molecule has 0 aliphatic heterocycles. The predicted molar refractivity (Wildman–Crippen MR) is 52.1 cm³/mol. The molecule has 0 saturated heterocycles. The van der Waals surface area contributed by atoms with Crippen molar-refractivity contribution in [3.63, 3.8) is 0 Å². The molecule has 1 heteroatoms. The molecular weight excluding hydrogens is 146 g/mol. The monoisotopic (exact) mass is 159 g/mol. The zero-order valence-corrected chi connectivity index (χ0v) is 7.30. The molecule has 1 nitrogen and oxygen atoms in total. The van der Waals surface area contributed by atoms with Crippen LogP contribution in [0.15, 0.2) is 36.0 Å². The van der Waals surface area contributed by atoms with E-state index in [0.29, 0.717) is 0 Å². The first kappa shape index (κ1) is 7.41. The lowest BCUT2D eigenvalue weighted by atomic mass is 10.2. The first-order valence-electron chi connectivity index (χ1n) is 4.36. The Morgan fingerprint density at radius 1 is 1.33 bits per heavy atom. The highest BCUT2D eigenvalue weighted by atomic mass is 14.8. The van der Waals surface area contributed by atoms with Gasteiger partial charge < -0.3 is 5.32 Å². The minimum absolute atomic E-state index is 1.19. The Morgan fingerprint density at radius 2 is 2.17 bits per heavy atom. The summed E-state index contributed by atoms with van der Waals surface area (Å²) in [6, 6.07) is 8.42. The minimum atomic E-state index is 1.19. The largest absolute Gasteiger partial charge is 0.362 e. The maximum absolute atomic E-state index is 3.29. The molecule has 0 spiro atoms. The second-order valence-corrected chi connectivity index (χ2v) is 3.32. The minimum Gasteiger partial charge on any atom is -0.362 e. The number of hydrogen-bond donors (Lipinski definition) is 1. The van der Waals surface area contributed by atoms with Gasteiger partial charge >= 0.3 is 0 Å². The molecule has 1 aromatic carbocycles. The number of nitrogens with one attached hydrogen (secondary N) is 1. The summed E-state index contributed by atoms with van der Waals surface area (Å²) in [6.07, 6.45) is 4.67. The fourth-order valence-electron chi connectivity index (χ4n) is 1.14. The Balaban J connectivity index is 2.07. The van der Waals surface area contributed by atoms with E-state index < -0.39 is 0 Å². The van der Waals surface area contributed by atoms with Crippen molar-refractivity contribution in [2.75, 3.05) is 5.32 Å². The molecule has 1 aliphatic carbocycles. The SMILES string of the molecule is Cc1cccc(NC=C2CC2)c1. The molecule has 62 valence electrons. The van der Waals surface area contributed by atoms with Gasteiger partial charge in [0.2, 0.25) is 0 Å². The first-order valence-corrected chi connectivity index (χ1v) is 4.36. The van der Waals surface area contributed by atoms with Gasteiger partial charge in [0, 0.05) is 11.9 Å². The molecule has 1 N–H and O–H groups in total. The number of hydrogen-bond acceptors (Lipinski definition) is 1. The second kappa shape index (κ2) is 3.02. The summed E-state index contributed by atoms with van der Waals surface area (Å²) in [6.45, 7) is 2.11. The molecule has 0 amide bonds. The number of anilines is 1. The van der Waals surface area contributed by atoms with E-state index in [1.807, 2.05) is 0 Å². The Bertz CT molecular complexity index is 307. The van der Waals surface area contributed by atoms with Crippen molar-refractivity contribution in [1.82, 2.24) is 0 Å². The van der Waals surface area contributed by atoms with E-state index in [2.05, 4.69) is 42.7 Å². The topological polar surface area (TPSA) is 12.0 Å². The lowest BCUT2D eigenvalue weighted by molar-refractivity contribution is 1.45. The second-order valence-electron chi connectivity index (χ2n) is 3.32. The van der Waals surface area contributed by atoms with Crippen molar-refractivity contribution >= 4 is 5.69 Å². The zero-order valence-electron chi connectivity index (χ0n) is 7.30. The van der Waals surface area contributed by atoms with Crippen molar-refractivity contribution in [3.8, 4) is 0 Å². The lowest BCUT2D eigenvalue weighted by Crippen LogP contribution is -1.86. The third-order valence-electron chi connectivity index (χ3n) is 2.00. The summed E-state index contributed by atoms with van der Waals surface area (Å²) < 4.78 is 0. The van der Waals surface area contributed by atoms with Crippen molar-refractivity contribution < 1.29 is 0 Å². The van der Waals surface area contributed by atoms with Crippen LogP contribution in [0.1, 0.15) is 18.4 Å². The van der Waals surface area contributed by atoms with Gasteiger partial charge in [-0.15, -0.1) is 0 Å². The molecule has 0 bridgehead atoms. The quantitative estimate of drug-likeness (QED) is 0.699. The number of rotatable bonds is 2. The molecule has 0 aromatic heterocycles. The Morgan fingerprint density at radius 3 is 2.83 bits per heavy atom. The van der Waals surface area contributed by atoms with E-state index in [0.717, 1.165) is 0 Å². The summed E-state index contributed by atoms with van der Waals surface area (Å²) in [4.78, 5) is 0. The van der Waals surface area contributed by atoms with E-state index in [1.54, 1.807) is 0 Å². The smallest absolute Gasteiger partial charge is 0.0382 e. The predicted octanol–water partition coefficient (Wildman–Crippen LogP) is 3.08. The van der Waals surface area contributed by atoms with Gasteiger partial charge in [0.05, 0.1) is 0 Å². The van der Waals surface area contributed by atoms with Crippen molar-refractivity contribution in [3.05, 3.63) is 41.6 Å².